The van der Waals surface area contributed by atoms with Gasteiger partial charge in [0.05, 0.1) is 0 Å². The summed E-state index contributed by atoms with van der Waals surface area (Å²) in [6, 6.07) is 0.190. The summed E-state index contributed by atoms with van der Waals surface area (Å²) < 4.78 is 5.12. The molecule has 3 amide bonds. The van der Waals surface area contributed by atoms with Crippen LogP contribution in [0.4, 0.5) is 9.59 Å². The van der Waals surface area contributed by atoms with Crippen LogP contribution in [-0.2, 0) is 4.74 Å². The molecule has 128 valence electrons. The second-order valence-corrected chi connectivity index (χ2v) is 6.81. The number of hydrogen-bond donors (Lipinski definition) is 2. The maximum atomic E-state index is 12.1. The molecule has 0 atom stereocenters. The number of carbonyl (C=O) groups excluding carboxylic acids is 2. The van der Waals surface area contributed by atoms with Gasteiger partial charge in [-0.05, 0) is 53.8 Å². The number of ether oxygens (including phenoxy) is 1. The second-order valence-electron chi connectivity index (χ2n) is 6.81. The van der Waals surface area contributed by atoms with E-state index in [1.54, 1.807) is 4.90 Å². The highest BCUT2D eigenvalue weighted by atomic mass is 16.6. The predicted molar refractivity (Wildman–Crippen MR) is 85.9 cm³/mol. The number of nitrogens with one attached hydrogen (secondary N) is 2. The number of carbonyl (C=O) groups is 2. The SMILES string of the molecule is CN1CCC(N(C)C(=O)NCCNC(=O)OC(C)(C)C)CC1. The standard InChI is InChI=1S/C15H30N4O3/c1-15(2,3)22-14(21)17-9-8-16-13(20)19(5)12-6-10-18(4)11-7-12/h12H,6-11H2,1-5H3,(H,16,20)(H,17,21). The molecule has 0 aromatic rings. The van der Waals surface area contributed by atoms with Gasteiger partial charge in [0.25, 0.3) is 0 Å². The van der Waals surface area contributed by atoms with Crippen molar-refractivity contribution in [2.75, 3.05) is 40.3 Å². The van der Waals surface area contributed by atoms with E-state index < -0.39 is 11.7 Å². The van der Waals surface area contributed by atoms with Crippen LogP contribution >= 0.6 is 0 Å². The van der Waals surface area contributed by atoms with Crippen molar-refractivity contribution in [3.05, 3.63) is 0 Å². The van der Waals surface area contributed by atoms with Gasteiger partial charge in [0.15, 0.2) is 0 Å². The third-order valence-corrected chi connectivity index (χ3v) is 3.63. The molecule has 22 heavy (non-hydrogen) atoms. The Morgan fingerprint density at radius 2 is 1.73 bits per heavy atom. The van der Waals surface area contributed by atoms with Crippen molar-refractivity contribution in [1.29, 1.82) is 0 Å². The van der Waals surface area contributed by atoms with Crippen molar-refractivity contribution in [2.24, 2.45) is 0 Å². The van der Waals surface area contributed by atoms with Crippen LogP contribution in [0.3, 0.4) is 0 Å². The van der Waals surface area contributed by atoms with Crippen molar-refractivity contribution in [3.63, 3.8) is 0 Å². The molecule has 7 nitrogen and oxygen atoms in total. The van der Waals surface area contributed by atoms with Gasteiger partial charge >= 0.3 is 12.1 Å². The van der Waals surface area contributed by atoms with Crippen LogP contribution in [-0.4, -0.2) is 73.8 Å². The average Bonchev–Trinajstić information content (AvgIpc) is 2.41. The molecule has 0 aliphatic carbocycles. The van der Waals surface area contributed by atoms with Gasteiger partial charge in [-0.1, -0.05) is 0 Å². The minimum absolute atomic E-state index is 0.0967. The molecule has 0 aromatic heterocycles. The Morgan fingerprint density at radius 3 is 2.27 bits per heavy atom. The molecular formula is C15H30N4O3. The molecule has 2 N–H and O–H groups in total. The largest absolute Gasteiger partial charge is 0.444 e. The third-order valence-electron chi connectivity index (χ3n) is 3.63. The first-order chi connectivity index (χ1) is 10.2. The van der Waals surface area contributed by atoms with Gasteiger partial charge in [-0.3, -0.25) is 0 Å². The zero-order valence-electron chi connectivity index (χ0n) is 14.4. The zero-order chi connectivity index (χ0) is 16.8. The Labute approximate surface area is 133 Å². The van der Waals surface area contributed by atoms with E-state index in [4.69, 9.17) is 4.74 Å². The molecule has 0 unspecified atom stereocenters. The number of hydrogen-bond acceptors (Lipinski definition) is 4. The van der Waals surface area contributed by atoms with E-state index in [0.29, 0.717) is 13.1 Å². The molecule has 1 heterocycles. The van der Waals surface area contributed by atoms with Crippen LogP contribution in [0.25, 0.3) is 0 Å². The number of urea groups is 1. The highest BCUT2D eigenvalue weighted by Gasteiger charge is 2.23. The number of likely N-dealkylation sites (tertiary alicyclic amines) is 1. The molecule has 0 aromatic carbocycles. The highest BCUT2D eigenvalue weighted by molar-refractivity contribution is 5.74. The molecule has 0 saturated carbocycles. The number of rotatable bonds is 4. The van der Waals surface area contributed by atoms with Gasteiger partial charge in [-0.15, -0.1) is 0 Å². The predicted octanol–water partition coefficient (Wildman–Crippen LogP) is 1.25. The Hall–Kier alpha value is -1.50. The van der Waals surface area contributed by atoms with Gasteiger partial charge < -0.3 is 25.2 Å². The monoisotopic (exact) mass is 314 g/mol. The lowest BCUT2D eigenvalue weighted by molar-refractivity contribution is 0.0528. The van der Waals surface area contributed by atoms with Crippen LogP contribution in [0.5, 0.6) is 0 Å². The fourth-order valence-corrected chi connectivity index (χ4v) is 2.32. The fraction of sp³-hybridized carbons (Fsp3) is 0.867. The molecule has 7 heteroatoms. The van der Waals surface area contributed by atoms with Gasteiger partial charge in [0, 0.05) is 26.2 Å². The molecule has 0 spiro atoms. The van der Waals surface area contributed by atoms with Crippen LogP contribution in [0.2, 0.25) is 0 Å². The summed E-state index contributed by atoms with van der Waals surface area (Å²) in [5, 5.41) is 5.43. The van der Waals surface area contributed by atoms with Crippen molar-refractivity contribution >= 4 is 12.1 Å². The normalized spacial score (nSPS) is 17.0. The maximum Gasteiger partial charge on any atom is 0.407 e. The minimum atomic E-state index is -0.512. The van der Waals surface area contributed by atoms with Crippen molar-refractivity contribution in [3.8, 4) is 0 Å². The number of nitrogens with zero attached hydrogens (tertiary/aromatic N) is 2. The maximum absolute atomic E-state index is 12.1. The van der Waals surface area contributed by atoms with Crippen LogP contribution in [0, 0.1) is 0 Å². The summed E-state index contributed by atoms with van der Waals surface area (Å²) in [6.45, 7) is 8.20. The summed E-state index contributed by atoms with van der Waals surface area (Å²) in [5.41, 5.74) is -0.512. The van der Waals surface area contributed by atoms with Crippen molar-refractivity contribution in [2.45, 2.75) is 45.3 Å². The summed E-state index contributed by atoms with van der Waals surface area (Å²) >= 11 is 0. The molecule has 1 rings (SSSR count). The molecule has 1 saturated heterocycles. The van der Waals surface area contributed by atoms with Crippen LogP contribution in [0.15, 0.2) is 0 Å². The van der Waals surface area contributed by atoms with Gasteiger partial charge in [0.1, 0.15) is 5.60 Å². The lowest BCUT2D eigenvalue weighted by atomic mass is 10.0. The van der Waals surface area contributed by atoms with E-state index in [0.717, 1.165) is 25.9 Å². The topological polar surface area (TPSA) is 73.9 Å². The summed E-state index contributed by atoms with van der Waals surface area (Å²) in [7, 11) is 3.92. The zero-order valence-corrected chi connectivity index (χ0v) is 14.4. The Kier molecular flexibility index (Phi) is 6.93. The summed E-state index contributed by atoms with van der Waals surface area (Å²) in [4.78, 5) is 27.5. The fourth-order valence-electron chi connectivity index (χ4n) is 2.32. The van der Waals surface area contributed by atoms with E-state index in [2.05, 4.69) is 22.6 Å². The smallest absolute Gasteiger partial charge is 0.407 e. The van der Waals surface area contributed by atoms with Crippen LogP contribution in [0.1, 0.15) is 33.6 Å². The van der Waals surface area contributed by atoms with Crippen molar-refractivity contribution < 1.29 is 14.3 Å². The summed E-state index contributed by atoms with van der Waals surface area (Å²) in [5.74, 6) is 0. The van der Waals surface area contributed by atoms with E-state index in [1.807, 2.05) is 27.8 Å². The summed E-state index contributed by atoms with van der Waals surface area (Å²) in [6.07, 6.45) is 1.53. The van der Waals surface area contributed by atoms with Crippen LogP contribution < -0.4 is 10.6 Å². The van der Waals surface area contributed by atoms with Gasteiger partial charge in [0.2, 0.25) is 0 Å². The molecule has 0 bridgehead atoms. The Balaban J connectivity index is 2.19. The molecule has 1 fully saturated rings. The second kappa shape index (κ2) is 8.22. The molecular weight excluding hydrogens is 284 g/mol. The highest BCUT2D eigenvalue weighted by Crippen LogP contribution is 2.13. The first-order valence-electron chi connectivity index (χ1n) is 7.85. The lowest BCUT2D eigenvalue weighted by Crippen LogP contribution is -2.49. The van der Waals surface area contributed by atoms with Gasteiger partial charge in [-0.25, -0.2) is 9.59 Å². The lowest BCUT2D eigenvalue weighted by Gasteiger charge is -2.35. The minimum Gasteiger partial charge on any atom is -0.444 e. The number of piperidine rings is 1. The van der Waals surface area contributed by atoms with Gasteiger partial charge in [-0.2, -0.15) is 0 Å². The molecule has 1 aliphatic heterocycles. The first-order valence-corrected chi connectivity index (χ1v) is 7.85. The quantitative estimate of drug-likeness (QED) is 0.766. The first kappa shape index (κ1) is 18.5. The van der Waals surface area contributed by atoms with E-state index in [1.165, 1.54) is 0 Å². The number of amides is 3. The third kappa shape index (κ3) is 6.98. The number of alkyl carbamates (subject to hydrolysis) is 1. The van der Waals surface area contributed by atoms with E-state index >= 15 is 0 Å². The van der Waals surface area contributed by atoms with E-state index in [-0.39, 0.29) is 12.1 Å². The Morgan fingerprint density at radius 1 is 1.18 bits per heavy atom. The molecule has 1 aliphatic rings. The average molecular weight is 314 g/mol. The van der Waals surface area contributed by atoms with Crippen molar-refractivity contribution in [1.82, 2.24) is 20.4 Å². The van der Waals surface area contributed by atoms with E-state index in [9.17, 15) is 9.59 Å². The molecule has 0 radical (unpaired) electrons. The Bertz CT molecular complexity index is 373.